The molecule has 1 fully saturated rings. The second-order valence-electron chi connectivity index (χ2n) is 3.53. The van der Waals surface area contributed by atoms with Crippen LogP contribution in [0.4, 0.5) is 4.39 Å². The third kappa shape index (κ3) is 2.34. The van der Waals surface area contributed by atoms with Gasteiger partial charge in [0.15, 0.2) is 0 Å². The normalized spacial score (nSPS) is 27.6. The third-order valence-electron chi connectivity index (χ3n) is 2.46. The van der Waals surface area contributed by atoms with Gasteiger partial charge in [0.1, 0.15) is 6.17 Å². The van der Waals surface area contributed by atoms with Crippen LogP contribution in [-0.2, 0) is 4.74 Å². The fraction of sp³-hybridized carbons (Fsp3) is 0.455. The van der Waals surface area contributed by atoms with E-state index in [0.717, 1.165) is 10.0 Å². The maximum atomic E-state index is 13.1. The molecule has 2 rings (SSSR count). The van der Waals surface area contributed by atoms with Gasteiger partial charge in [-0.2, -0.15) is 0 Å². The van der Waals surface area contributed by atoms with Crippen molar-refractivity contribution in [1.29, 1.82) is 0 Å². The van der Waals surface area contributed by atoms with E-state index in [1.165, 1.54) is 0 Å². The molecule has 3 heteroatoms. The summed E-state index contributed by atoms with van der Waals surface area (Å²) >= 11 is 3.37. The van der Waals surface area contributed by atoms with Crippen LogP contribution in [-0.4, -0.2) is 12.8 Å². The first-order valence-electron chi connectivity index (χ1n) is 4.77. The zero-order chi connectivity index (χ0) is 9.97. The molecule has 1 heterocycles. The molecule has 1 nitrogen and oxygen atoms in total. The Morgan fingerprint density at radius 3 is 2.64 bits per heavy atom. The third-order valence-corrected chi connectivity index (χ3v) is 2.99. The van der Waals surface area contributed by atoms with Gasteiger partial charge in [-0.25, -0.2) is 4.39 Å². The summed E-state index contributed by atoms with van der Waals surface area (Å²) in [6, 6.07) is 7.88. The zero-order valence-corrected chi connectivity index (χ0v) is 9.34. The molecule has 1 aliphatic rings. The summed E-state index contributed by atoms with van der Waals surface area (Å²) in [5, 5.41) is 0. The Morgan fingerprint density at radius 2 is 2.00 bits per heavy atom. The molecule has 0 N–H and O–H groups in total. The van der Waals surface area contributed by atoms with Crippen molar-refractivity contribution >= 4 is 15.9 Å². The average molecular weight is 259 g/mol. The number of rotatable bonds is 1. The first kappa shape index (κ1) is 10.1. The van der Waals surface area contributed by atoms with Crippen molar-refractivity contribution in [2.75, 3.05) is 6.61 Å². The molecule has 0 aromatic heterocycles. The van der Waals surface area contributed by atoms with Crippen LogP contribution in [0, 0.1) is 0 Å². The minimum atomic E-state index is -0.711. The first-order valence-corrected chi connectivity index (χ1v) is 5.56. The molecule has 0 amide bonds. The summed E-state index contributed by atoms with van der Waals surface area (Å²) in [6.07, 6.45) is 0.249. The Balaban J connectivity index is 2.10. The van der Waals surface area contributed by atoms with E-state index in [-0.39, 0.29) is 6.10 Å². The van der Waals surface area contributed by atoms with E-state index in [0.29, 0.717) is 19.4 Å². The molecule has 14 heavy (non-hydrogen) atoms. The van der Waals surface area contributed by atoms with E-state index < -0.39 is 6.17 Å². The van der Waals surface area contributed by atoms with Crippen molar-refractivity contribution in [2.45, 2.75) is 25.1 Å². The number of alkyl halides is 1. The fourth-order valence-electron chi connectivity index (χ4n) is 1.67. The van der Waals surface area contributed by atoms with Gasteiger partial charge in [-0.05, 0) is 17.7 Å². The van der Waals surface area contributed by atoms with Gasteiger partial charge in [0.25, 0.3) is 0 Å². The number of hydrogen-bond acceptors (Lipinski definition) is 1. The van der Waals surface area contributed by atoms with Crippen molar-refractivity contribution < 1.29 is 9.13 Å². The molecule has 0 spiro atoms. The summed E-state index contributed by atoms with van der Waals surface area (Å²) in [7, 11) is 0. The fourth-order valence-corrected chi connectivity index (χ4v) is 1.93. The van der Waals surface area contributed by atoms with Gasteiger partial charge in [0.05, 0.1) is 12.7 Å². The highest BCUT2D eigenvalue weighted by Crippen LogP contribution is 2.30. The summed E-state index contributed by atoms with van der Waals surface area (Å²) < 4.78 is 19.7. The van der Waals surface area contributed by atoms with Gasteiger partial charge in [-0.15, -0.1) is 0 Å². The Morgan fingerprint density at radius 1 is 1.29 bits per heavy atom. The minimum Gasteiger partial charge on any atom is -0.373 e. The SMILES string of the molecule is FC1CCOC(c2ccc(Br)cc2)C1. The van der Waals surface area contributed by atoms with E-state index >= 15 is 0 Å². The lowest BCUT2D eigenvalue weighted by molar-refractivity contribution is -0.0193. The van der Waals surface area contributed by atoms with E-state index in [1.807, 2.05) is 24.3 Å². The van der Waals surface area contributed by atoms with Crippen LogP contribution >= 0.6 is 15.9 Å². The molecule has 0 aliphatic carbocycles. The molecule has 1 aliphatic heterocycles. The maximum absolute atomic E-state index is 13.1. The molecule has 0 radical (unpaired) electrons. The van der Waals surface area contributed by atoms with Crippen molar-refractivity contribution in [3.8, 4) is 0 Å². The van der Waals surface area contributed by atoms with Gasteiger partial charge in [-0.1, -0.05) is 28.1 Å². The molecule has 2 atom stereocenters. The highest BCUT2D eigenvalue weighted by molar-refractivity contribution is 9.10. The Hall–Kier alpha value is -0.410. The van der Waals surface area contributed by atoms with Gasteiger partial charge in [0, 0.05) is 17.3 Å². The van der Waals surface area contributed by atoms with Crippen molar-refractivity contribution in [3.63, 3.8) is 0 Å². The van der Waals surface area contributed by atoms with Gasteiger partial charge in [-0.3, -0.25) is 0 Å². The van der Waals surface area contributed by atoms with E-state index in [2.05, 4.69) is 15.9 Å². The molecule has 1 saturated heterocycles. The monoisotopic (exact) mass is 258 g/mol. The van der Waals surface area contributed by atoms with Crippen LogP contribution in [0.25, 0.3) is 0 Å². The summed E-state index contributed by atoms with van der Waals surface area (Å²) in [5.74, 6) is 0. The van der Waals surface area contributed by atoms with Crippen molar-refractivity contribution in [3.05, 3.63) is 34.3 Å². The lowest BCUT2D eigenvalue weighted by Crippen LogP contribution is -2.20. The second kappa shape index (κ2) is 4.41. The van der Waals surface area contributed by atoms with E-state index in [4.69, 9.17) is 4.74 Å². The largest absolute Gasteiger partial charge is 0.373 e. The van der Waals surface area contributed by atoms with Gasteiger partial charge >= 0.3 is 0 Å². The smallest absolute Gasteiger partial charge is 0.105 e. The summed E-state index contributed by atoms with van der Waals surface area (Å²) in [4.78, 5) is 0. The van der Waals surface area contributed by atoms with E-state index in [9.17, 15) is 4.39 Å². The lowest BCUT2D eigenvalue weighted by atomic mass is 10.0. The first-order chi connectivity index (χ1) is 6.75. The molecular weight excluding hydrogens is 247 g/mol. The Labute approximate surface area is 91.4 Å². The number of hydrogen-bond donors (Lipinski definition) is 0. The Bertz CT molecular complexity index is 299. The predicted octanol–water partition coefficient (Wildman–Crippen LogP) is 3.64. The van der Waals surface area contributed by atoms with Crippen LogP contribution in [0.2, 0.25) is 0 Å². The molecular formula is C11H12BrFO. The second-order valence-corrected chi connectivity index (χ2v) is 4.45. The van der Waals surface area contributed by atoms with Gasteiger partial charge < -0.3 is 4.74 Å². The molecule has 76 valence electrons. The van der Waals surface area contributed by atoms with Crippen molar-refractivity contribution in [1.82, 2.24) is 0 Å². The van der Waals surface area contributed by atoms with Crippen LogP contribution in [0.3, 0.4) is 0 Å². The molecule has 2 unspecified atom stereocenters. The number of ether oxygens (including phenoxy) is 1. The standard InChI is InChI=1S/C11H12BrFO/c12-9-3-1-8(2-4-9)11-7-10(13)5-6-14-11/h1-4,10-11H,5-7H2. The number of benzene rings is 1. The van der Waals surface area contributed by atoms with Crippen LogP contribution < -0.4 is 0 Å². The highest BCUT2D eigenvalue weighted by atomic mass is 79.9. The summed E-state index contributed by atoms with van der Waals surface area (Å²) in [6.45, 7) is 0.530. The minimum absolute atomic E-state index is 0.0631. The molecule has 0 bridgehead atoms. The zero-order valence-electron chi connectivity index (χ0n) is 7.75. The Kier molecular flexibility index (Phi) is 3.19. The molecule has 1 aromatic carbocycles. The van der Waals surface area contributed by atoms with Crippen LogP contribution in [0.15, 0.2) is 28.7 Å². The van der Waals surface area contributed by atoms with Crippen LogP contribution in [0.5, 0.6) is 0 Å². The quantitative estimate of drug-likeness (QED) is 0.748. The summed E-state index contributed by atoms with van der Waals surface area (Å²) in [5.41, 5.74) is 1.07. The highest BCUT2D eigenvalue weighted by Gasteiger charge is 2.23. The topological polar surface area (TPSA) is 9.23 Å². The van der Waals surface area contributed by atoms with Crippen molar-refractivity contribution in [2.24, 2.45) is 0 Å². The lowest BCUT2D eigenvalue weighted by Gasteiger charge is -2.25. The molecule has 0 saturated carbocycles. The molecule has 1 aromatic rings. The maximum Gasteiger partial charge on any atom is 0.105 e. The number of halogens is 2. The average Bonchev–Trinajstić information content (AvgIpc) is 2.19. The van der Waals surface area contributed by atoms with Gasteiger partial charge in [0.2, 0.25) is 0 Å². The van der Waals surface area contributed by atoms with E-state index in [1.54, 1.807) is 0 Å². The van der Waals surface area contributed by atoms with Crippen LogP contribution in [0.1, 0.15) is 24.5 Å². The predicted molar refractivity (Wildman–Crippen MR) is 57.0 cm³/mol.